The summed E-state index contributed by atoms with van der Waals surface area (Å²) >= 11 is 0. The third-order valence-electron chi connectivity index (χ3n) is 4.84. The van der Waals surface area contributed by atoms with Crippen LogP contribution in [0.5, 0.6) is 0 Å². The molecule has 0 unspecified atom stereocenters. The summed E-state index contributed by atoms with van der Waals surface area (Å²) in [6.07, 6.45) is 2.93. The Hall–Kier alpha value is -2.44. The minimum atomic E-state index is 0.690. The number of rotatable bonds is 6. The van der Waals surface area contributed by atoms with Crippen molar-refractivity contribution in [3.05, 3.63) is 42.1 Å². The first-order chi connectivity index (χ1) is 12.8. The second-order valence-electron chi connectivity index (χ2n) is 6.72. The fraction of sp³-hybridized carbons (Fsp3) is 0.400. The molecule has 2 N–H and O–H groups in total. The van der Waals surface area contributed by atoms with Crippen LogP contribution in [0.4, 0.5) is 5.95 Å². The first kappa shape index (κ1) is 17.0. The summed E-state index contributed by atoms with van der Waals surface area (Å²) in [7, 11) is 0. The third kappa shape index (κ3) is 3.86. The Morgan fingerprint density at radius 2 is 2.08 bits per heavy atom. The van der Waals surface area contributed by atoms with Gasteiger partial charge >= 0.3 is 0 Å². The zero-order valence-corrected chi connectivity index (χ0v) is 15.2. The third-order valence-corrected chi connectivity index (χ3v) is 4.84. The lowest BCUT2D eigenvalue weighted by molar-refractivity contribution is 0.0378. The zero-order chi connectivity index (χ0) is 17.8. The number of morpholine rings is 1. The second kappa shape index (κ2) is 7.85. The number of nitrogens with zero attached hydrogens (tertiary/aromatic N) is 3. The van der Waals surface area contributed by atoms with Crippen LogP contribution in [0.1, 0.15) is 12.0 Å². The molecule has 4 rings (SSSR count). The number of anilines is 1. The van der Waals surface area contributed by atoms with Gasteiger partial charge in [0.2, 0.25) is 5.95 Å². The van der Waals surface area contributed by atoms with Crippen molar-refractivity contribution in [3.63, 3.8) is 0 Å². The maximum atomic E-state index is 5.38. The van der Waals surface area contributed by atoms with E-state index < -0.39 is 0 Å². The average molecular weight is 351 g/mol. The first-order valence-electron chi connectivity index (χ1n) is 9.25. The monoisotopic (exact) mass is 351 g/mol. The second-order valence-corrected chi connectivity index (χ2v) is 6.72. The fourth-order valence-corrected chi connectivity index (χ4v) is 3.35. The standard InChI is InChI=1S/C20H25N5O/c1-15-5-2-3-6-16(15)17-13-18-19(23-17)14-22-20(24-18)21-7-4-8-25-9-11-26-12-10-25/h2-3,5-6,13-14,23H,4,7-12H2,1H3,(H,21,22,24). The summed E-state index contributed by atoms with van der Waals surface area (Å²) in [5, 5.41) is 3.34. The van der Waals surface area contributed by atoms with Crippen LogP contribution in [0.2, 0.25) is 0 Å². The number of benzene rings is 1. The molecule has 1 aliphatic heterocycles. The molecule has 1 aliphatic rings. The van der Waals surface area contributed by atoms with E-state index in [0.717, 1.165) is 62.5 Å². The van der Waals surface area contributed by atoms with Crippen molar-refractivity contribution in [2.24, 2.45) is 0 Å². The van der Waals surface area contributed by atoms with E-state index in [2.05, 4.69) is 62.4 Å². The summed E-state index contributed by atoms with van der Waals surface area (Å²) in [5.41, 5.74) is 5.42. The molecule has 3 heterocycles. The predicted molar refractivity (Wildman–Crippen MR) is 104 cm³/mol. The number of hydrogen-bond donors (Lipinski definition) is 2. The average Bonchev–Trinajstić information content (AvgIpc) is 3.09. The molecule has 6 nitrogen and oxygen atoms in total. The van der Waals surface area contributed by atoms with Crippen molar-refractivity contribution >= 4 is 17.0 Å². The number of aromatic nitrogens is 3. The molecule has 0 radical (unpaired) electrons. The molecular formula is C20H25N5O. The molecule has 1 aromatic carbocycles. The Labute approximate surface area is 153 Å². The van der Waals surface area contributed by atoms with Crippen molar-refractivity contribution in [1.82, 2.24) is 19.9 Å². The number of H-pyrrole nitrogens is 1. The van der Waals surface area contributed by atoms with Crippen LogP contribution in [0.3, 0.4) is 0 Å². The summed E-state index contributed by atoms with van der Waals surface area (Å²) in [6, 6.07) is 10.5. The lowest BCUT2D eigenvalue weighted by atomic mass is 10.1. The van der Waals surface area contributed by atoms with Gasteiger partial charge in [0.05, 0.1) is 30.4 Å². The van der Waals surface area contributed by atoms with Crippen LogP contribution in [0.15, 0.2) is 36.5 Å². The molecule has 26 heavy (non-hydrogen) atoms. The molecular weight excluding hydrogens is 326 g/mol. The van der Waals surface area contributed by atoms with E-state index >= 15 is 0 Å². The molecule has 0 atom stereocenters. The number of ether oxygens (including phenoxy) is 1. The van der Waals surface area contributed by atoms with E-state index in [9.17, 15) is 0 Å². The highest BCUT2D eigenvalue weighted by Gasteiger charge is 2.10. The predicted octanol–water partition coefficient (Wildman–Crippen LogP) is 3.07. The van der Waals surface area contributed by atoms with Gasteiger partial charge in [-0.2, -0.15) is 0 Å². The van der Waals surface area contributed by atoms with E-state index in [4.69, 9.17) is 4.74 Å². The van der Waals surface area contributed by atoms with E-state index in [0.29, 0.717) is 5.95 Å². The fourth-order valence-electron chi connectivity index (χ4n) is 3.35. The molecule has 136 valence electrons. The van der Waals surface area contributed by atoms with Crippen LogP contribution in [0, 0.1) is 6.92 Å². The van der Waals surface area contributed by atoms with Gasteiger partial charge in [0.25, 0.3) is 0 Å². The molecule has 0 spiro atoms. The van der Waals surface area contributed by atoms with Crippen molar-refractivity contribution in [2.45, 2.75) is 13.3 Å². The quantitative estimate of drug-likeness (QED) is 0.668. The Morgan fingerprint density at radius 1 is 1.23 bits per heavy atom. The van der Waals surface area contributed by atoms with Crippen molar-refractivity contribution in [1.29, 1.82) is 0 Å². The summed E-state index contributed by atoms with van der Waals surface area (Å²) in [4.78, 5) is 14.9. The lowest BCUT2D eigenvalue weighted by Crippen LogP contribution is -2.37. The molecule has 6 heteroatoms. The van der Waals surface area contributed by atoms with Gasteiger partial charge in [-0.3, -0.25) is 4.90 Å². The van der Waals surface area contributed by atoms with Gasteiger partial charge in [0.1, 0.15) is 0 Å². The maximum Gasteiger partial charge on any atom is 0.223 e. The van der Waals surface area contributed by atoms with E-state index in [1.165, 1.54) is 11.1 Å². The molecule has 0 saturated carbocycles. The topological polar surface area (TPSA) is 66.1 Å². The number of aromatic amines is 1. The molecule has 2 aromatic heterocycles. The van der Waals surface area contributed by atoms with Gasteiger partial charge in [-0.05, 0) is 31.5 Å². The largest absolute Gasteiger partial charge is 0.379 e. The van der Waals surface area contributed by atoms with Crippen LogP contribution in [-0.2, 0) is 4.74 Å². The van der Waals surface area contributed by atoms with Crippen molar-refractivity contribution in [3.8, 4) is 11.3 Å². The Morgan fingerprint density at radius 3 is 2.92 bits per heavy atom. The van der Waals surface area contributed by atoms with E-state index in [-0.39, 0.29) is 0 Å². The minimum Gasteiger partial charge on any atom is -0.379 e. The molecule has 0 aliphatic carbocycles. The molecule has 0 bridgehead atoms. The van der Waals surface area contributed by atoms with Gasteiger partial charge in [0.15, 0.2) is 0 Å². The number of hydrogen-bond acceptors (Lipinski definition) is 5. The van der Waals surface area contributed by atoms with Gasteiger partial charge in [0, 0.05) is 30.9 Å². The van der Waals surface area contributed by atoms with Gasteiger partial charge in [-0.1, -0.05) is 24.3 Å². The number of aryl methyl sites for hydroxylation is 1. The highest BCUT2D eigenvalue weighted by Crippen LogP contribution is 2.25. The highest BCUT2D eigenvalue weighted by molar-refractivity contribution is 5.83. The Balaban J connectivity index is 1.39. The zero-order valence-electron chi connectivity index (χ0n) is 15.2. The molecule has 1 fully saturated rings. The van der Waals surface area contributed by atoms with Crippen LogP contribution >= 0.6 is 0 Å². The Bertz CT molecular complexity index is 870. The molecule has 1 saturated heterocycles. The van der Waals surface area contributed by atoms with Gasteiger partial charge < -0.3 is 15.0 Å². The summed E-state index contributed by atoms with van der Waals surface area (Å²) in [6.45, 7) is 7.85. The smallest absolute Gasteiger partial charge is 0.223 e. The number of fused-ring (bicyclic) bond motifs is 1. The normalized spacial score (nSPS) is 15.4. The molecule has 3 aromatic rings. The highest BCUT2D eigenvalue weighted by atomic mass is 16.5. The first-order valence-corrected chi connectivity index (χ1v) is 9.25. The van der Waals surface area contributed by atoms with Crippen LogP contribution in [0.25, 0.3) is 22.3 Å². The number of nitrogens with one attached hydrogen (secondary N) is 2. The lowest BCUT2D eigenvalue weighted by Gasteiger charge is -2.26. The summed E-state index contributed by atoms with van der Waals surface area (Å²) in [5.74, 6) is 0.690. The van der Waals surface area contributed by atoms with Gasteiger partial charge in [-0.25, -0.2) is 9.97 Å². The van der Waals surface area contributed by atoms with Crippen molar-refractivity contribution < 1.29 is 4.74 Å². The SMILES string of the molecule is Cc1ccccc1-c1cc2nc(NCCCN3CCOCC3)ncc2[nH]1. The minimum absolute atomic E-state index is 0.690. The van der Waals surface area contributed by atoms with Crippen LogP contribution in [-0.4, -0.2) is 59.2 Å². The van der Waals surface area contributed by atoms with Gasteiger partial charge in [-0.15, -0.1) is 0 Å². The van der Waals surface area contributed by atoms with Crippen LogP contribution < -0.4 is 5.32 Å². The Kier molecular flexibility index (Phi) is 5.13. The maximum absolute atomic E-state index is 5.38. The van der Waals surface area contributed by atoms with Crippen molar-refractivity contribution in [2.75, 3.05) is 44.7 Å². The molecule has 0 amide bonds. The van der Waals surface area contributed by atoms with E-state index in [1.54, 1.807) is 0 Å². The summed E-state index contributed by atoms with van der Waals surface area (Å²) < 4.78 is 5.38. The van der Waals surface area contributed by atoms with E-state index in [1.807, 2.05) is 6.20 Å².